The number of benzene rings is 1. The fourth-order valence-electron chi connectivity index (χ4n) is 1.56. The lowest BCUT2D eigenvalue weighted by molar-refractivity contribution is -0.404. The Morgan fingerprint density at radius 2 is 1.56 bits per heavy atom. The van der Waals surface area contributed by atoms with Gasteiger partial charge in [-0.05, 0) is 12.1 Å². The van der Waals surface area contributed by atoms with Crippen molar-refractivity contribution in [1.29, 1.82) is 5.41 Å². The predicted molar refractivity (Wildman–Crippen MR) is 80.9 cm³/mol. The molecule has 13 heteroatoms. The molecule has 0 saturated carbocycles. The van der Waals surface area contributed by atoms with Gasteiger partial charge in [0.2, 0.25) is 0 Å². The Morgan fingerprint density at radius 3 is 1.88 bits per heavy atom. The van der Waals surface area contributed by atoms with Gasteiger partial charge in [-0.2, -0.15) is 4.73 Å². The lowest BCUT2D eigenvalue weighted by Crippen LogP contribution is -2.22. The van der Waals surface area contributed by atoms with Gasteiger partial charge >= 0.3 is 11.4 Å². The van der Waals surface area contributed by atoms with Crippen molar-refractivity contribution in [2.45, 2.75) is 0 Å². The minimum Gasteiger partial charge on any atom is -0.497 e. The SMILES string of the molecule is COn1ccccc1=N.O=[N+]([O-])c1cc([N+](=O)[O-])c(O)c([N+](=O)[O-])c1. The standard InChI is InChI=1S/C6H3N3O7.C6H8N2O/c10-6-4(8(13)14)1-3(7(11)12)2-5(6)9(15)16;1-9-8-5-3-2-4-6(8)7/h1-2,10H;2-5,7H,1H3. The summed E-state index contributed by atoms with van der Waals surface area (Å²) >= 11 is 0. The average molecular weight is 353 g/mol. The molecule has 0 aliphatic rings. The number of non-ortho nitro benzene ring substituents is 1. The number of pyridine rings is 1. The zero-order valence-corrected chi connectivity index (χ0v) is 12.6. The molecule has 0 unspecified atom stereocenters. The Balaban J connectivity index is 0.000000293. The van der Waals surface area contributed by atoms with Crippen molar-refractivity contribution in [3.63, 3.8) is 0 Å². The van der Waals surface area contributed by atoms with Crippen LogP contribution in [0.25, 0.3) is 0 Å². The van der Waals surface area contributed by atoms with Crippen LogP contribution in [0.3, 0.4) is 0 Å². The fourth-order valence-corrected chi connectivity index (χ4v) is 1.56. The summed E-state index contributed by atoms with van der Waals surface area (Å²) in [4.78, 5) is 32.5. The molecule has 132 valence electrons. The monoisotopic (exact) mass is 353 g/mol. The predicted octanol–water partition coefficient (Wildman–Crippen LogP) is 1.14. The Bertz CT molecular complexity index is 843. The zero-order chi connectivity index (χ0) is 19.1. The Morgan fingerprint density at radius 1 is 1.04 bits per heavy atom. The summed E-state index contributed by atoms with van der Waals surface area (Å²) < 4.78 is 1.38. The lowest BCUT2D eigenvalue weighted by atomic mass is 10.2. The number of hydrogen-bond donors (Lipinski definition) is 2. The van der Waals surface area contributed by atoms with Crippen LogP contribution in [0.5, 0.6) is 5.75 Å². The van der Waals surface area contributed by atoms with Gasteiger partial charge < -0.3 is 9.94 Å². The Hall–Kier alpha value is -4.03. The third kappa shape index (κ3) is 4.72. The van der Waals surface area contributed by atoms with Crippen LogP contribution in [-0.2, 0) is 0 Å². The average Bonchev–Trinajstić information content (AvgIpc) is 2.55. The molecule has 0 spiro atoms. The van der Waals surface area contributed by atoms with E-state index in [9.17, 15) is 30.3 Å². The lowest BCUT2D eigenvalue weighted by Gasteiger charge is -2.00. The summed E-state index contributed by atoms with van der Waals surface area (Å²) in [7, 11) is 1.53. The van der Waals surface area contributed by atoms with Crippen LogP contribution in [-0.4, -0.2) is 31.7 Å². The van der Waals surface area contributed by atoms with Crippen LogP contribution in [0, 0.1) is 35.8 Å². The number of hydrogen-bond acceptors (Lipinski definition) is 9. The normalized spacial score (nSPS) is 9.48. The van der Waals surface area contributed by atoms with Gasteiger partial charge in [0.25, 0.3) is 11.4 Å². The second-order valence-corrected chi connectivity index (χ2v) is 4.20. The first kappa shape index (κ1) is 19.0. The molecule has 0 amide bonds. The summed E-state index contributed by atoms with van der Waals surface area (Å²) in [6.07, 6.45) is 1.68. The van der Waals surface area contributed by atoms with Crippen LogP contribution in [0.4, 0.5) is 17.1 Å². The molecule has 0 aliphatic carbocycles. The molecule has 2 N–H and O–H groups in total. The van der Waals surface area contributed by atoms with Crippen LogP contribution >= 0.6 is 0 Å². The number of nitrogens with zero attached hydrogens (tertiary/aromatic N) is 4. The van der Waals surface area contributed by atoms with Crippen molar-refractivity contribution in [2.75, 3.05) is 7.11 Å². The molecule has 2 rings (SSSR count). The highest BCUT2D eigenvalue weighted by molar-refractivity contribution is 5.64. The summed E-state index contributed by atoms with van der Waals surface area (Å²) in [6.45, 7) is 0. The minimum absolute atomic E-state index is 0.347. The highest BCUT2D eigenvalue weighted by Crippen LogP contribution is 2.38. The van der Waals surface area contributed by atoms with E-state index in [2.05, 4.69) is 0 Å². The molecular formula is C12H11N5O8. The maximum Gasteiger partial charge on any atom is 0.324 e. The maximum atomic E-state index is 10.4. The van der Waals surface area contributed by atoms with Crippen molar-refractivity contribution < 1.29 is 24.7 Å². The van der Waals surface area contributed by atoms with Gasteiger partial charge in [0.15, 0.2) is 5.49 Å². The highest BCUT2D eigenvalue weighted by atomic mass is 16.6. The number of nitro groups is 3. The van der Waals surface area contributed by atoms with Gasteiger partial charge in [-0.3, -0.25) is 35.8 Å². The van der Waals surface area contributed by atoms with Gasteiger partial charge in [-0.15, -0.1) is 0 Å². The summed E-state index contributed by atoms with van der Waals surface area (Å²) in [5, 5.41) is 47.4. The molecule has 0 aliphatic heterocycles. The molecule has 1 aromatic carbocycles. The molecule has 1 aromatic heterocycles. The highest BCUT2D eigenvalue weighted by Gasteiger charge is 2.30. The molecular weight excluding hydrogens is 342 g/mol. The largest absolute Gasteiger partial charge is 0.497 e. The smallest absolute Gasteiger partial charge is 0.324 e. The van der Waals surface area contributed by atoms with E-state index in [4.69, 9.17) is 15.4 Å². The summed E-state index contributed by atoms with van der Waals surface area (Å²) in [6, 6.07) is 6.15. The first-order chi connectivity index (χ1) is 11.7. The number of phenols is 1. The van der Waals surface area contributed by atoms with Crippen molar-refractivity contribution in [3.05, 3.63) is 72.4 Å². The molecule has 0 radical (unpaired) electrons. The minimum atomic E-state index is -1.21. The van der Waals surface area contributed by atoms with Crippen LogP contribution in [0.1, 0.15) is 0 Å². The number of rotatable bonds is 4. The van der Waals surface area contributed by atoms with E-state index < -0.39 is 37.6 Å². The molecule has 13 nitrogen and oxygen atoms in total. The van der Waals surface area contributed by atoms with E-state index >= 15 is 0 Å². The summed E-state index contributed by atoms with van der Waals surface area (Å²) in [5.41, 5.74) is -2.65. The van der Waals surface area contributed by atoms with Crippen molar-refractivity contribution in [2.24, 2.45) is 0 Å². The second-order valence-electron chi connectivity index (χ2n) is 4.20. The molecule has 25 heavy (non-hydrogen) atoms. The van der Waals surface area contributed by atoms with Gasteiger partial charge in [0, 0.05) is 6.20 Å². The molecule has 0 saturated heterocycles. The van der Waals surface area contributed by atoms with E-state index in [0.29, 0.717) is 17.6 Å². The van der Waals surface area contributed by atoms with E-state index in [0.717, 1.165) is 0 Å². The van der Waals surface area contributed by atoms with Gasteiger partial charge in [0.1, 0.15) is 7.11 Å². The number of nitrogens with one attached hydrogen (secondary N) is 1. The third-order valence-corrected chi connectivity index (χ3v) is 2.68. The fraction of sp³-hybridized carbons (Fsp3) is 0.0833. The summed E-state index contributed by atoms with van der Waals surface area (Å²) in [5.74, 6) is -1.21. The van der Waals surface area contributed by atoms with Crippen molar-refractivity contribution in [3.8, 4) is 5.75 Å². The van der Waals surface area contributed by atoms with Crippen molar-refractivity contribution >= 4 is 17.1 Å². The molecule has 0 fully saturated rings. The van der Waals surface area contributed by atoms with Gasteiger partial charge in [-0.1, -0.05) is 6.07 Å². The molecule has 1 heterocycles. The molecule has 2 aromatic rings. The quantitative estimate of drug-likeness (QED) is 0.604. The number of nitro benzene ring substituents is 3. The maximum absolute atomic E-state index is 10.4. The second kappa shape index (κ2) is 8.00. The van der Waals surface area contributed by atoms with Gasteiger partial charge in [0.05, 0.1) is 26.9 Å². The first-order valence-electron chi connectivity index (χ1n) is 6.26. The van der Waals surface area contributed by atoms with Gasteiger partial charge in [-0.25, -0.2) is 0 Å². The molecule has 0 bridgehead atoms. The van der Waals surface area contributed by atoms with E-state index in [1.165, 1.54) is 11.8 Å². The van der Waals surface area contributed by atoms with Crippen LogP contribution in [0.2, 0.25) is 0 Å². The van der Waals surface area contributed by atoms with Crippen molar-refractivity contribution in [1.82, 2.24) is 4.73 Å². The number of phenolic OH excluding ortho intramolecular Hbond substituents is 1. The van der Waals surface area contributed by atoms with E-state index in [1.807, 2.05) is 6.07 Å². The van der Waals surface area contributed by atoms with E-state index in [-0.39, 0.29) is 0 Å². The number of aromatic nitrogens is 1. The number of aromatic hydroxyl groups is 1. The zero-order valence-electron chi connectivity index (χ0n) is 12.6. The molecule has 0 atom stereocenters. The third-order valence-electron chi connectivity index (χ3n) is 2.68. The van der Waals surface area contributed by atoms with Crippen LogP contribution in [0.15, 0.2) is 36.5 Å². The van der Waals surface area contributed by atoms with E-state index in [1.54, 1.807) is 18.3 Å². The first-order valence-corrected chi connectivity index (χ1v) is 6.26. The Labute approximate surface area is 138 Å². The Kier molecular flexibility index (Phi) is 6.09. The van der Waals surface area contributed by atoms with Crippen LogP contribution < -0.4 is 10.3 Å². The topological polar surface area (TPSA) is 188 Å².